The van der Waals surface area contributed by atoms with Crippen molar-refractivity contribution < 1.29 is 9.53 Å². The first-order chi connectivity index (χ1) is 15.1. The molecule has 0 radical (unpaired) electrons. The highest BCUT2D eigenvalue weighted by molar-refractivity contribution is 7.10. The van der Waals surface area contributed by atoms with Crippen LogP contribution in [0.25, 0.3) is 0 Å². The highest BCUT2D eigenvalue weighted by atomic mass is 32.1. The second-order valence-electron chi connectivity index (χ2n) is 7.52. The predicted molar refractivity (Wildman–Crippen MR) is 126 cm³/mol. The molecular formula is C23H27N5O2S. The lowest BCUT2D eigenvalue weighted by molar-refractivity contribution is 0.0990. The van der Waals surface area contributed by atoms with Crippen molar-refractivity contribution in [2.45, 2.75) is 12.5 Å². The second-order valence-corrected chi connectivity index (χ2v) is 8.50. The lowest BCUT2D eigenvalue weighted by Gasteiger charge is -2.23. The Morgan fingerprint density at radius 1 is 1.26 bits per heavy atom. The minimum Gasteiger partial charge on any atom is -0.485 e. The van der Waals surface area contributed by atoms with Crippen molar-refractivity contribution in [2.75, 3.05) is 49.3 Å². The quantitative estimate of drug-likeness (QED) is 0.588. The average Bonchev–Trinajstić information content (AvgIpc) is 3.28. The fourth-order valence-electron chi connectivity index (χ4n) is 3.70. The largest absolute Gasteiger partial charge is 0.485 e. The van der Waals surface area contributed by atoms with Crippen LogP contribution in [-0.4, -0.2) is 44.6 Å². The fourth-order valence-corrected chi connectivity index (χ4v) is 4.49. The van der Waals surface area contributed by atoms with Crippen LogP contribution in [0, 0.1) is 0 Å². The van der Waals surface area contributed by atoms with E-state index in [1.807, 2.05) is 49.3 Å². The molecule has 0 aliphatic carbocycles. The summed E-state index contributed by atoms with van der Waals surface area (Å²) in [5, 5.41) is 5.25. The number of ether oxygens (including phenoxy) is 1. The maximum atomic E-state index is 13.3. The van der Waals surface area contributed by atoms with Crippen LogP contribution in [-0.2, 0) is 0 Å². The SMILES string of the molecule is CNCCC(Oc1cccc(N2CCN(C)c3cc(N)ncc3C2=O)c1)c1cccs1. The number of likely N-dealkylation sites (N-methyl/N-ethyl adjacent to an activating group) is 1. The molecule has 0 saturated carbocycles. The van der Waals surface area contributed by atoms with Gasteiger partial charge in [-0.15, -0.1) is 11.3 Å². The van der Waals surface area contributed by atoms with E-state index in [4.69, 9.17) is 10.5 Å². The van der Waals surface area contributed by atoms with Gasteiger partial charge >= 0.3 is 0 Å². The van der Waals surface area contributed by atoms with Crippen LogP contribution in [0.5, 0.6) is 5.75 Å². The molecule has 1 unspecified atom stereocenters. The molecule has 0 fully saturated rings. The molecule has 1 amide bonds. The summed E-state index contributed by atoms with van der Waals surface area (Å²) in [5.41, 5.74) is 8.00. The number of aromatic nitrogens is 1. The van der Waals surface area contributed by atoms with Gasteiger partial charge in [0, 0.05) is 55.5 Å². The minimum atomic E-state index is -0.0889. The summed E-state index contributed by atoms with van der Waals surface area (Å²) in [5.74, 6) is 1.06. The molecule has 0 saturated heterocycles. The van der Waals surface area contributed by atoms with Crippen LogP contribution < -0.4 is 25.6 Å². The molecular weight excluding hydrogens is 410 g/mol. The number of amides is 1. The van der Waals surface area contributed by atoms with E-state index in [-0.39, 0.29) is 12.0 Å². The van der Waals surface area contributed by atoms with Gasteiger partial charge in [0.1, 0.15) is 17.7 Å². The summed E-state index contributed by atoms with van der Waals surface area (Å²) in [4.78, 5) is 22.5. The van der Waals surface area contributed by atoms with Crippen molar-refractivity contribution >= 4 is 34.4 Å². The maximum Gasteiger partial charge on any atom is 0.262 e. The number of rotatable bonds is 7. The number of hydrogen-bond donors (Lipinski definition) is 2. The lowest BCUT2D eigenvalue weighted by atomic mass is 10.1. The van der Waals surface area contributed by atoms with Crippen LogP contribution in [0.4, 0.5) is 17.2 Å². The standard InChI is InChI=1S/C23H27N5O2S/c1-25-9-8-20(21-7-4-12-31-21)30-17-6-3-5-16(13-17)28-11-10-27(2)19-14-22(24)26-15-18(19)23(28)29/h3-7,12-15,20,25H,8-11H2,1-2H3,(H2,24,26). The van der Waals surface area contributed by atoms with Crippen molar-refractivity contribution in [1.82, 2.24) is 10.3 Å². The predicted octanol–water partition coefficient (Wildman–Crippen LogP) is 3.55. The van der Waals surface area contributed by atoms with Gasteiger partial charge < -0.3 is 25.6 Å². The number of nitrogens with one attached hydrogen (secondary N) is 1. The molecule has 1 aliphatic rings. The first-order valence-electron chi connectivity index (χ1n) is 10.3. The van der Waals surface area contributed by atoms with Gasteiger partial charge in [0.15, 0.2) is 0 Å². The second kappa shape index (κ2) is 9.36. The normalized spacial score (nSPS) is 14.8. The number of nitrogens with two attached hydrogens (primary N) is 1. The van der Waals surface area contributed by atoms with Crippen molar-refractivity contribution in [3.05, 3.63) is 64.5 Å². The van der Waals surface area contributed by atoms with Crippen LogP contribution in [0.3, 0.4) is 0 Å². The Morgan fingerprint density at radius 3 is 2.90 bits per heavy atom. The molecule has 8 heteroatoms. The molecule has 1 aliphatic heterocycles. The van der Waals surface area contributed by atoms with E-state index in [2.05, 4.69) is 21.7 Å². The molecule has 31 heavy (non-hydrogen) atoms. The smallest absolute Gasteiger partial charge is 0.262 e. The highest BCUT2D eigenvalue weighted by Crippen LogP contribution is 2.32. The van der Waals surface area contributed by atoms with E-state index in [1.165, 1.54) is 4.88 Å². The van der Waals surface area contributed by atoms with E-state index < -0.39 is 0 Å². The van der Waals surface area contributed by atoms with E-state index >= 15 is 0 Å². The Bertz CT molecular complexity index is 1040. The number of carbonyl (C=O) groups is 1. The summed E-state index contributed by atoms with van der Waals surface area (Å²) < 4.78 is 6.36. The molecule has 7 nitrogen and oxygen atoms in total. The number of pyridine rings is 1. The molecule has 3 heterocycles. The zero-order valence-corrected chi connectivity index (χ0v) is 18.6. The fraction of sp³-hybridized carbons (Fsp3) is 0.304. The Kier molecular flexibility index (Phi) is 6.39. The number of nitrogens with zero attached hydrogens (tertiary/aromatic N) is 3. The molecule has 2 aromatic heterocycles. The molecule has 0 spiro atoms. The molecule has 3 N–H and O–H groups in total. The third-order valence-corrected chi connectivity index (χ3v) is 6.34. The van der Waals surface area contributed by atoms with Gasteiger partial charge in [-0.2, -0.15) is 0 Å². The zero-order valence-electron chi connectivity index (χ0n) is 17.7. The van der Waals surface area contributed by atoms with Gasteiger partial charge in [0.2, 0.25) is 0 Å². The summed E-state index contributed by atoms with van der Waals surface area (Å²) in [6.07, 6.45) is 2.38. The van der Waals surface area contributed by atoms with E-state index in [9.17, 15) is 4.79 Å². The average molecular weight is 438 g/mol. The van der Waals surface area contributed by atoms with Crippen LogP contribution in [0.1, 0.15) is 27.8 Å². The van der Waals surface area contributed by atoms with Gasteiger partial charge in [-0.25, -0.2) is 4.98 Å². The maximum absolute atomic E-state index is 13.3. The molecule has 1 aromatic carbocycles. The van der Waals surface area contributed by atoms with Gasteiger partial charge in [0.25, 0.3) is 5.91 Å². The zero-order chi connectivity index (χ0) is 21.8. The summed E-state index contributed by atoms with van der Waals surface area (Å²) >= 11 is 1.69. The van der Waals surface area contributed by atoms with Crippen molar-refractivity contribution in [2.24, 2.45) is 0 Å². The number of nitrogen functional groups attached to an aromatic ring is 1. The van der Waals surface area contributed by atoms with Crippen LogP contribution in [0.15, 0.2) is 54.0 Å². The molecule has 162 valence electrons. The number of carbonyl (C=O) groups excluding carboxylic acids is 1. The molecule has 3 aromatic rings. The van der Waals surface area contributed by atoms with Crippen molar-refractivity contribution in [3.63, 3.8) is 0 Å². The van der Waals surface area contributed by atoms with Gasteiger partial charge in [-0.1, -0.05) is 12.1 Å². The Labute approximate surface area is 186 Å². The van der Waals surface area contributed by atoms with Crippen molar-refractivity contribution in [3.8, 4) is 5.75 Å². The van der Waals surface area contributed by atoms with E-state index in [0.29, 0.717) is 24.5 Å². The Morgan fingerprint density at radius 2 is 2.13 bits per heavy atom. The van der Waals surface area contributed by atoms with Gasteiger partial charge in [-0.3, -0.25) is 4.79 Å². The van der Waals surface area contributed by atoms with E-state index in [0.717, 1.165) is 30.1 Å². The van der Waals surface area contributed by atoms with Gasteiger partial charge in [-0.05, 0) is 37.2 Å². The summed E-state index contributed by atoms with van der Waals surface area (Å²) in [6, 6.07) is 13.6. The number of anilines is 3. The third-order valence-electron chi connectivity index (χ3n) is 5.37. The first-order valence-corrected chi connectivity index (χ1v) is 11.2. The third kappa shape index (κ3) is 4.65. The number of benzene rings is 1. The van der Waals surface area contributed by atoms with E-state index in [1.54, 1.807) is 28.5 Å². The van der Waals surface area contributed by atoms with Crippen LogP contribution in [0.2, 0.25) is 0 Å². The highest BCUT2D eigenvalue weighted by Gasteiger charge is 2.27. The Balaban J connectivity index is 1.60. The summed E-state index contributed by atoms with van der Waals surface area (Å²) in [6.45, 7) is 2.10. The first kappa shape index (κ1) is 21.1. The minimum absolute atomic E-state index is 0.0402. The monoisotopic (exact) mass is 437 g/mol. The lowest BCUT2D eigenvalue weighted by Crippen LogP contribution is -2.33. The molecule has 4 rings (SSSR count). The Hall–Kier alpha value is -3.10. The van der Waals surface area contributed by atoms with Crippen LogP contribution >= 0.6 is 11.3 Å². The number of thiophene rings is 1. The topological polar surface area (TPSA) is 83.7 Å². The molecule has 1 atom stereocenters. The number of hydrogen-bond acceptors (Lipinski definition) is 7. The molecule has 0 bridgehead atoms. The van der Waals surface area contributed by atoms with Gasteiger partial charge in [0.05, 0.1) is 11.3 Å². The summed E-state index contributed by atoms with van der Waals surface area (Å²) in [7, 11) is 3.90. The van der Waals surface area contributed by atoms with Crippen molar-refractivity contribution in [1.29, 1.82) is 0 Å². The number of fused-ring (bicyclic) bond motifs is 1.